The van der Waals surface area contributed by atoms with Crippen LogP contribution in [-0.2, 0) is 0 Å². The van der Waals surface area contributed by atoms with Gasteiger partial charge in [0.1, 0.15) is 0 Å². The maximum absolute atomic E-state index is 11.7. The number of piperidine rings is 1. The fourth-order valence-electron chi connectivity index (χ4n) is 1.81. The number of aliphatic hydroxyl groups is 1. The van der Waals surface area contributed by atoms with Crippen molar-refractivity contribution in [2.24, 2.45) is 0 Å². The largest absolute Gasteiger partial charge is 0.392 e. The Morgan fingerprint density at radius 2 is 2.60 bits per heavy atom. The summed E-state index contributed by atoms with van der Waals surface area (Å²) in [6, 6.07) is 0. The van der Waals surface area contributed by atoms with Gasteiger partial charge in [-0.3, -0.25) is 9.69 Å². The van der Waals surface area contributed by atoms with Crippen molar-refractivity contribution >= 4 is 17.1 Å². The minimum atomic E-state index is -0.275. The number of rotatable bonds is 3. The Morgan fingerprint density at radius 1 is 1.73 bits per heavy atom. The molecule has 1 N–H and O–H groups in total. The highest BCUT2D eigenvalue weighted by molar-refractivity contribution is 7.11. The molecule has 0 radical (unpaired) electrons. The van der Waals surface area contributed by atoms with Crippen LogP contribution in [-0.4, -0.2) is 46.5 Å². The number of carbonyl (C=O) groups is 1. The average molecular weight is 226 g/mol. The van der Waals surface area contributed by atoms with Gasteiger partial charge in [-0.25, -0.2) is 4.98 Å². The molecule has 0 aromatic carbocycles. The molecule has 0 saturated carbocycles. The van der Waals surface area contributed by atoms with Crippen molar-refractivity contribution in [3.05, 3.63) is 16.6 Å². The van der Waals surface area contributed by atoms with Crippen molar-refractivity contribution in [3.8, 4) is 0 Å². The van der Waals surface area contributed by atoms with Crippen LogP contribution in [0.15, 0.2) is 11.6 Å². The molecule has 15 heavy (non-hydrogen) atoms. The number of carbonyl (C=O) groups excluding carboxylic acids is 1. The smallest absolute Gasteiger partial charge is 0.205 e. The first-order valence-electron chi connectivity index (χ1n) is 5.09. The molecule has 1 aliphatic rings. The van der Waals surface area contributed by atoms with Crippen molar-refractivity contribution in [3.63, 3.8) is 0 Å². The second-order valence-corrected chi connectivity index (χ2v) is 4.69. The molecule has 1 atom stereocenters. The van der Waals surface area contributed by atoms with E-state index in [1.807, 2.05) is 4.90 Å². The number of hydrogen-bond acceptors (Lipinski definition) is 5. The van der Waals surface area contributed by atoms with Gasteiger partial charge in [-0.15, -0.1) is 11.3 Å². The molecule has 0 unspecified atom stereocenters. The van der Waals surface area contributed by atoms with Crippen molar-refractivity contribution in [1.82, 2.24) is 9.88 Å². The number of β-amino-alcohol motifs (C(OH)–C–C–N with tert-alkyl or cyclic N) is 1. The SMILES string of the molecule is O=C(CN1CCC[C@H](O)C1)c1nccs1. The van der Waals surface area contributed by atoms with E-state index in [0.29, 0.717) is 18.1 Å². The van der Waals surface area contributed by atoms with Gasteiger partial charge in [0.05, 0.1) is 12.6 Å². The van der Waals surface area contributed by atoms with E-state index in [1.165, 1.54) is 11.3 Å². The van der Waals surface area contributed by atoms with Crippen molar-refractivity contribution < 1.29 is 9.90 Å². The Labute approximate surface area is 92.6 Å². The summed E-state index contributed by atoms with van der Waals surface area (Å²) < 4.78 is 0. The zero-order chi connectivity index (χ0) is 10.7. The lowest BCUT2D eigenvalue weighted by atomic mass is 10.1. The van der Waals surface area contributed by atoms with E-state index in [9.17, 15) is 9.90 Å². The zero-order valence-electron chi connectivity index (χ0n) is 8.43. The number of aliphatic hydroxyl groups excluding tert-OH is 1. The zero-order valence-corrected chi connectivity index (χ0v) is 9.24. The Hall–Kier alpha value is -0.780. The third kappa shape index (κ3) is 2.84. The van der Waals surface area contributed by atoms with Gasteiger partial charge < -0.3 is 5.11 Å². The van der Waals surface area contributed by atoms with E-state index in [0.717, 1.165) is 19.4 Å². The van der Waals surface area contributed by atoms with E-state index in [-0.39, 0.29) is 11.9 Å². The Bertz CT molecular complexity index is 326. The molecule has 1 aliphatic heterocycles. The lowest BCUT2D eigenvalue weighted by Gasteiger charge is -2.28. The van der Waals surface area contributed by atoms with Crippen LogP contribution in [0.3, 0.4) is 0 Å². The van der Waals surface area contributed by atoms with Gasteiger partial charge in [0.2, 0.25) is 5.78 Å². The van der Waals surface area contributed by atoms with Gasteiger partial charge in [0.15, 0.2) is 5.01 Å². The highest BCUT2D eigenvalue weighted by Gasteiger charge is 2.20. The fraction of sp³-hybridized carbons (Fsp3) is 0.600. The Morgan fingerprint density at radius 3 is 3.27 bits per heavy atom. The Kier molecular flexibility index (Phi) is 3.45. The average Bonchev–Trinajstić information content (AvgIpc) is 2.70. The van der Waals surface area contributed by atoms with Crippen LogP contribution in [0.4, 0.5) is 0 Å². The number of aromatic nitrogens is 1. The number of hydrogen-bond donors (Lipinski definition) is 1. The summed E-state index contributed by atoms with van der Waals surface area (Å²) in [7, 11) is 0. The molecule has 2 rings (SSSR count). The molecule has 1 saturated heterocycles. The normalized spacial score (nSPS) is 22.9. The molecule has 1 aromatic rings. The van der Waals surface area contributed by atoms with Crippen molar-refractivity contribution in [2.75, 3.05) is 19.6 Å². The molecule has 1 fully saturated rings. The van der Waals surface area contributed by atoms with Crippen LogP contribution >= 0.6 is 11.3 Å². The summed E-state index contributed by atoms with van der Waals surface area (Å²) in [6.45, 7) is 1.88. The van der Waals surface area contributed by atoms with E-state index in [4.69, 9.17) is 0 Å². The van der Waals surface area contributed by atoms with Crippen LogP contribution in [0, 0.1) is 0 Å². The van der Waals surface area contributed by atoms with Gasteiger partial charge in [-0.1, -0.05) is 0 Å². The number of likely N-dealkylation sites (tertiary alicyclic amines) is 1. The van der Waals surface area contributed by atoms with E-state index >= 15 is 0 Å². The predicted octanol–water partition coefficient (Wildman–Crippen LogP) is 0.782. The van der Waals surface area contributed by atoms with E-state index in [2.05, 4.69) is 4.98 Å². The summed E-state index contributed by atoms with van der Waals surface area (Å²) in [6.07, 6.45) is 3.18. The topological polar surface area (TPSA) is 53.4 Å². The summed E-state index contributed by atoms with van der Waals surface area (Å²) in [5.74, 6) is 0.0547. The number of thiazole rings is 1. The summed E-state index contributed by atoms with van der Waals surface area (Å²) in [5.41, 5.74) is 0. The maximum atomic E-state index is 11.7. The van der Waals surface area contributed by atoms with Crippen molar-refractivity contribution in [2.45, 2.75) is 18.9 Å². The summed E-state index contributed by atoms with van der Waals surface area (Å²) in [5, 5.41) is 11.8. The van der Waals surface area contributed by atoms with Gasteiger partial charge in [0.25, 0.3) is 0 Å². The highest BCUT2D eigenvalue weighted by Crippen LogP contribution is 2.11. The summed E-state index contributed by atoms with van der Waals surface area (Å²) >= 11 is 1.37. The van der Waals surface area contributed by atoms with Crippen LogP contribution < -0.4 is 0 Å². The molecule has 5 heteroatoms. The van der Waals surface area contributed by atoms with Gasteiger partial charge in [0, 0.05) is 18.1 Å². The second-order valence-electron chi connectivity index (χ2n) is 3.79. The molecule has 0 aliphatic carbocycles. The van der Waals surface area contributed by atoms with Crippen LogP contribution in [0.1, 0.15) is 22.6 Å². The highest BCUT2D eigenvalue weighted by atomic mass is 32.1. The van der Waals surface area contributed by atoms with Gasteiger partial charge in [-0.05, 0) is 19.4 Å². The predicted molar refractivity (Wildman–Crippen MR) is 58.1 cm³/mol. The number of Topliss-reactive ketones (excluding diaryl/α,β-unsaturated/α-hetero) is 1. The van der Waals surface area contributed by atoms with Gasteiger partial charge >= 0.3 is 0 Å². The van der Waals surface area contributed by atoms with Crippen molar-refractivity contribution in [1.29, 1.82) is 0 Å². The quantitative estimate of drug-likeness (QED) is 0.774. The first-order valence-corrected chi connectivity index (χ1v) is 5.97. The molecule has 82 valence electrons. The van der Waals surface area contributed by atoms with E-state index in [1.54, 1.807) is 11.6 Å². The van der Waals surface area contributed by atoms with E-state index < -0.39 is 0 Å². The van der Waals surface area contributed by atoms with Crippen LogP contribution in [0.25, 0.3) is 0 Å². The van der Waals surface area contributed by atoms with Gasteiger partial charge in [-0.2, -0.15) is 0 Å². The molecule has 0 bridgehead atoms. The standard InChI is InChI=1S/C10H14N2O2S/c13-8-2-1-4-12(6-8)7-9(14)10-11-3-5-15-10/h3,5,8,13H,1-2,4,6-7H2/t8-/m0/s1. The molecule has 2 heterocycles. The fourth-order valence-corrected chi connectivity index (χ4v) is 2.37. The molecule has 0 spiro atoms. The molecular weight excluding hydrogens is 212 g/mol. The minimum absolute atomic E-state index is 0.0547. The van der Waals surface area contributed by atoms with Crippen LogP contribution in [0.5, 0.6) is 0 Å². The lowest BCUT2D eigenvalue weighted by molar-refractivity contribution is 0.0634. The molecule has 4 nitrogen and oxygen atoms in total. The van der Waals surface area contributed by atoms with Crippen LogP contribution in [0.2, 0.25) is 0 Å². The first-order chi connectivity index (χ1) is 7.25. The molecule has 1 aromatic heterocycles. The monoisotopic (exact) mass is 226 g/mol. The second kappa shape index (κ2) is 4.83. The minimum Gasteiger partial charge on any atom is -0.392 e. The lowest BCUT2D eigenvalue weighted by Crippen LogP contribution is -2.41. The maximum Gasteiger partial charge on any atom is 0.205 e. The first kappa shape index (κ1) is 10.7. The third-order valence-electron chi connectivity index (χ3n) is 2.52. The summed E-state index contributed by atoms with van der Waals surface area (Å²) in [4.78, 5) is 17.7. The Balaban J connectivity index is 1.89. The number of ketones is 1. The number of nitrogens with zero attached hydrogens (tertiary/aromatic N) is 2. The third-order valence-corrected chi connectivity index (χ3v) is 3.33. The molecule has 0 amide bonds. The molecular formula is C10H14N2O2S.